The van der Waals surface area contributed by atoms with Crippen molar-refractivity contribution in [2.45, 2.75) is 59.1 Å². The van der Waals surface area contributed by atoms with Crippen molar-refractivity contribution >= 4 is 29.1 Å². The number of benzene rings is 3. The number of rotatable bonds is 10. The van der Waals surface area contributed by atoms with Crippen molar-refractivity contribution < 1.29 is 29.0 Å². The van der Waals surface area contributed by atoms with Gasteiger partial charge in [0, 0.05) is 11.3 Å². The molecule has 0 aromatic heterocycles. The summed E-state index contributed by atoms with van der Waals surface area (Å²) in [4.78, 5) is 40.6. The third-order valence-corrected chi connectivity index (χ3v) is 6.67. The molecule has 3 aromatic carbocycles. The number of esters is 1. The number of anilines is 1. The predicted molar refractivity (Wildman–Crippen MR) is 154 cm³/mol. The van der Waals surface area contributed by atoms with Gasteiger partial charge in [0.15, 0.2) is 0 Å². The number of ether oxygens (including phenoxy) is 2. The van der Waals surface area contributed by atoms with E-state index in [4.69, 9.17) is 9.47 Å². The van der Waals surface area contributed by atoms with Crippen LogP contribution in [0.25, 0.3) is 5.76 Å². The van der Waals surface area contributed by atoms with Crippen molar-refractivity contribution in [1.82, 2.24) is 0 Å². The van der Waals surface area contributed by atoms with Gasteiger partial charge in [-0.05, 0) is 81.3 Å². The fourth-order valence-electron chi connectivity index (χ4n) is 4.70. The average molecular weight is 542 g/mol. The standard InChI is InChI=1S/C33H35NO6/c1-5-6-7-19-39-27-17-13-23(14-18-27)30(35)28-29(25-10-8-9-22(4)20-25)34(32(37)31(28)36)26-15-11-24(12-16-26)33(38)40-21(2)3/h8-18,20-21,29,35H,5-7,19H2,1-4H3/b30-28+. The summed E-state index contributed by atoms with van der Waals surface area (Å²) in [6.07, 6.45) is 2.87. The molecule has 1 N–H and O–H groups in total. The summed E-state index contributed by atoms with van der Waals surface area (Å²) in [5.74, 6) is -1.62. The highest BCUT2D eigenvalue weighted by Gasteiger charge is 2.47. The number of hydrogen-bond donors (Lipinski definition) is 1. The zero-order valence-electron chi connectivity index (χ0n) is 23.3. The van der Waals surface area contributed by atoms with Gasteiger partial charge in [0.2, 0.25) is 0 Å². The summed E-state index contributed by atoms with van der Waals surface area (Å²) in [6, 6.07) is 19.8. The molecule has 1 atom stereocenters. The SMILES string of the molecule is CCCCCOc1ccc(/C(O)=C2\C(=O)C(=O)N(c3ccc(C(=O)OC(C)C)cc3)C2c2cccc(C)c2)cc1. The molecule has 4 rings (SSSR count). The van der Waals surface area contributed by atoms with Gasteiger partial charge in [-0.25, -0.2) is 4.79 Å². The van der Waals surface area contributed by atoms with Crippen molar-refractivity contribution in [1.29, 1.82) is 0 Å². The lowest BCUT2D eigenvalue weighted by molar-refractivity contribution is -0.132. The van der Waals surface area contributed by atoms with Gasteiger partial charge >= 0.3 is 5.97 Å². The first-order valence-electron chi connectivity index (χ1n) is 13.6. The number of carbonyl (C=O) groups is 3. The van der Waals surface area contributed by atoms with E-state index in [0.29, 0.717) is 34.7 Å². The number of unbranched alkanes of at least 4 members (excludes halogenated alkanes) is 2. The number of amides is 1. The van der Waals surface area contributed by atoms with Gasteiger partial charge in [-0.1, -0.05) is 49.6 Å². The molecule has 0 saturated carbocycles. The van der Waals surface area contributed by atoms with Crippen LogP contribution in [-0.4, -0.2) is 35.5 Å². The van der Waals surface area contributed by atoms with Crippen LogP contribution in [0.3, 0.4) is 0 Å². The van der Waals surface area contributed by atoms with Crippen LogP contribution in [0.2, 0.25) is 0 Å². The molecular formula is C33H35NO6. The van der Waals surface area contributed by atoms with E-state index in [-0.39, 0.29) is 17.4 Å². The average Bonchev–Trinajstić information content (AvgIpc) is 3.21. The third-order valence-electron chi connectivity index (χ3n) is 6.67. The van der Waals surface area contributed by atoms with Gasteiger partial charge in [0.05, 0.1) is 29.9 Å². The van der Waals surface area contributed by atoms with E-state index >= 15 is 0 Å². The first-order valence-corrected chi connectivity index (χ1v) is 13.6. The highest BCUT2D eigenvalue weighted by atomic mass is 16.5. The molecule has 1 fully saturated rings. The van der Waals surface area contributed by atoms with Gasteiger partial charge in [-0.2, -0.15) is 0 Å². The van der Waals surface area contributed by atoms with Crippen LogP contribution in [-0.2, 0) is 14.3 Å². The number of aliphatic hydroxyl groups is 1. The van der Waals surface area contributed by atoms with Crippen LogP contribution in [0.1, 0.15) is 73.1 Å². The van der Waals surface area contributed by atoms with E-state index in [1.54, 1.807) is 62.4 Å². The smallest absolute Gasteiger partial charge is 0.338 e. The topological polar surface area (TPSA) is 93.1 Å². The van der Waals surface area contributed by atoms with Crippen molar-refractivity contribution in [2.75, 3.05) is 11.5 Å². The Balaban J connectivity index is 1.73. The largest absolute Gasteiger partial charge is 0.507 e. The van der Waals surface area contributed by atoms with Gasteiger partial charge in [0.25, 0.3) is 11.7 Å². The molecule has 1 heterocycles. The normalized spacial score (nSPS) is 16.4. The van der Waals surface area contributed by atoms with Crippen LogP contribution in [0.4, 0.5) is 5.69 Å². The molecule has 7 nitrogen and oxygen atoms in total. The predicted octanol–water partition coefficient (Wildman–Crippen LogP) is 6.76. The van der Waals surface area contributed by atoms with Crippen molar-refractivity contribution in [3.8, 4) is 5.75 Å². The van der Waals surface area contributed by atoms with Crippen LogP contribution < -0.4 is 9.64 Å². The molecule has 0 spiro atoms. The molecular weight excluding hydrogens is 506 g/mol. The van der Waals surface area contributed by atoms with Gasteiger partial charge in [-0.15, -0.1) is 0 Å². The number of hydrogen-bond acceptors (Lipinski definition) is 6. The van der Waals surface area contributed by atoms with E-state index < -0.39 is 23.7 Å². The molecule has 0 radical (unpaired) electrons. The summed E-state index contributed by atoms with van der Waals surface area (Å²) < 4.78 is 11.0. The molecule has 1 unspecified atom stereocenters. The molecule has 1 aliphatic rings. The van der Waals surface area contributed by atoms with Crippen LogP contribution in [0.15, 0.2) is 78.4 Å². The lowest BCUT2D eigenvalue weighted by atomic mass is 9.94. The highest BCUT2D eigenvalue weighted by molar-refractivity contribution is 6.51. The monoisotopic (exact) mass is 541 g/mol. The maximum Gasteiger partial charge on any atom is 0.338 e. The molecule has 208 valence electrons. The second kappa shape index (κ2) is 12.6. The Bertz CT molecular complexity index is 1410. The first kappa shape index (κ1) is 28.6. The quantitative estimate of drug-likeness (QED) is 0.100. The molecule has 0 bridgehead atoms. The Kier molecular flexibility index (Phi) is 9.04. The number of ketones is 1. The summed E-state index contributed by atoms with van der Waals surface area (Å²) in [7, 11) is 0. The number of aliphatic hydroxyl groups excluding tert-OH is 1. The molecule has 1 saturated heterocycles. The van der Waals surface area contributed by atoms with Crippen molar-refractivity contribution in [2.24, 2.45) is 0 Å². The fraction of sp³-hybridized carbons (Fsp3) is 0.303. The third kappa shape index (κ3) is 6.25. The Labute approximate surface area is 235 Å². The molecule has 40 heavy (non-hydrogen) atoms. The molecule has 0 aliphatic carbocycles. The van der Waals surface area contributed by atoms with Gasteiger partial charge in [0.1, 0.15) is 11.5 Å². The molecule has 1 aliphatic heterocycles. The van der Waals surface area contributed by atoms with Crippen molar-refractivity contribution in [3.63, 3.8) is 0 Å². The lowest BCUT2D eigenvalue weighted by Gasteiger charge is -2.26. The van der Waals surface area contributed by atoms with Crippen LogP contribution in [0.5, 0.6) is 5.75 Å². The van der Waals surface area contributed by atoms with E-state index in [9.17, 15) is 19.5 Å². The minimum absolute atomic E-state index is 0.00416. The maximum atomic E-state index is 13.4. The zero-order chi connectivity index (χ0) is 28.8. The van der Waals surface area contributed by atoms with Gasteiger partial charge in [-0.3, -0.25) is 14.5 Å². The Hall–Kier alpha value is -4.39. The van der Waals surface area contributed by atoms with Gasteiger partial charge < -0.3 is 14.6 Å². The fourth-order valence-corrected chi connectivity index (χ4v) is 4.70. The van der Waals surface area contributed by atoms with E-state index in [2.05, 4.69) is 6.92 Å². The molecule has 7 heteroatoms. The highest BCUT2D eigenvalue weighted by Crippen LogP contribution is 2.42. The second-order valence-corrected chi connectivity index (χ2v) is 10.2. The Morgan fingerprint density at radius 3 is 2.25 bits per heavy atom. The first-order chi connectivity index (χ1) is 19.2. The summed E-state index contributed by atoms with van der Waals surface area (Å²) in [5.41, 5.74) is 2.78. The minimum atomic E-state index is -0.863. The van der Waals surface area contributed by atoms with E-state index in [1.807, 2.05) is 31.2 Å². The summed E-state index contributed by atoms with van der Waals surface area (Å²) in [6.45, 7) is 8.18. The van der Waals surface area contributed by atoms with E-state index in [1.165, 1.54) is 4.90 Å². The Morgan fingerprint density at radius 1 is 0.950 bits per heavy atom. The number of Topliss-reactive ketones (excluding diaryl/α,β-unsaturated/α-hetero) is 1. The zero-order valence-corrected chi connectivity index (χ0v) is 23.3. The number of carbonyl (C=O) groups excluding carboxylic acids is 3. The minimum Gasteiger partial charge on any atom is -0.507 e. The Morgan fingerprint density at radius 2 is 1.62 bits per heavy atom. The number of nitrogens with zero attached hydrogens (tertiary/aromatic N) is 1. The van der Waals surface area contributed by atoms with Crippen molar-refractivity contribution in [3.05, 3.63) is 101 Å². The number of aryl methyl sites for hydroxylation is 1. The van der Waals surface area contributed by atoms with Crippen LogP contribution in [0, 0.1) is 6.92 Å². The maximum absolute atomic E-state index is 13.4. The molecule has 3 aromatic rings. The summed E-state index contributed by atoms with van der Waals surface area (Å²) >= 11 is 0. The lowest BCUT2D eigenvalue weighted by Crippen LogP contribution is -2.29. The van der Waals surface area contributed by atoms with Crippen LogP contribution >= 0.6 is 0 Å². The second-order valence-electron chi connectivity index (χ2n) is 10.2. The summed E-state index contributed by atoms with van der Waals surface area (Å²) in [5, 5.41) is 11.4. The van der Waals surface area contributed by atoms with E-state index in [0.717, 1.165) is 24.8 Å². The molecule has 1 amide bonds.